The maximum absolute atomic E-state index is 12.5. The average molecular weight is 280 g/mol. The van der Waals surface area contributed by atoms with Gasteiger partial charge in [-0.25, -0.2) is 5.43 Å². The van der Waals surface area contributed by atoms with Gasteiger partial charge in [-0.3, -0.25) is 10.2 Å². The monoisotopic (exact) mass is 280 g/mol. The predicted molar refractivity (Wildman–Crippen MR) is 83.2 cm³/mol. The number of carbonyl (C=O) groups excluding carboxylic acids is 1. The molecule has 2 aliphatic rings. The molecule has 20 heavy (non-hydrogen) atoms. The fourth-order valence-corrected chi connectivity index (χ4v) is 3.99. The predicted octanol–water partition coefficient (Wildman–Crippen LogP) is 3.30. The molecule has 0 saturated heterocycles. The lowest BCUT2D eigenvalue weighted by Gasteiger charge is -2.37. The first-order valence-corrected chi connectivity index (χ1v) is 8.25. The second-order valence-electron chi connectivity index (χ2n) is 8.20. The summed E-state index contributed by atoms with van der Waals surface area (Å²) in [6.07, 6.45) is 7.87. The third kappa shape index (κ3) is 3.43. The summed E-state index contributed by atoms with van der Waals surface area (Å²) in [5.41, 5.74) is 6.60. The van der Waals surface area contributed by atoms with Gasteiger partial charge in [0.2, 0.25) is 0 Å². The molecule has 3 unspecified atom stereocenters. The summed E-state index contributed by atoms with van der Waals surface area (Å²) in [5, 5.41) is 0. The van der Waals surface area contributed by atoms with E-state index in [9.17, 15) is 4.79 Å². The summed E-state index contributed by atoms with van der Waals surface area (Å²) < 4.78 is 0. The minimum atomic E-state index is -0.271. The minimum absolute atomic E-state index is 0.0505. The van der Waals surface area contributed by atoms with Crippen LogP contribution in [0.25, 0.3) is 0 Å². The van der Waals surface area contributed by atoms with E-state index in [4.69, 9.17) is 0 Å². The number of Topliss-reactive ketones (excluding diaryl/α,β-unsaturated/α-hetero) is 1. The Balaban J connectivity index is 1.93. The first-order valence-electron chi connectivity index (χ1n) is 8.25. The van der Waals surface area contributed by atoms with Gasteiger partial charge in [0.15, 0.2) is 5.78 Å². The van der Waals surface area contributed by atoms with Gasteiger partial charge >= 0.3 is 0 Å². The van der Waals surface area contributed by atoms with Crippen molar-refractivity contribution in [1.82, 2.24) is 10.9 Å². The third-order valence-electron chi connectivity index (χ3n) is 5.62. The molecule has 2 saturated carbocycles. The molecule has 3 heteroatoms. The van der Waals surface area contributed by atoms with Crippen molar-refractivity contribution in [3.8, 4) is 0 Å². The number of nitrogens with one attached hydrogen (secondary N) is 2. The molecule has 0 amide bonds. The van der Waals surface area contributed by atoms with Gasteiger partial charge in [0.1, 0.15) is 0 Å². The summed E-state index contributed by atoms with van der Waals surface area (Å²) in [7, 11) is 1.85. The van der Waals surface area contributed by atoms with Crippen molar-refractivity contribution in [3.05, 3.63) is 0 Å². The van der Waals surface area contributed by atoms with Crippen molar-refractivity contribution in [2.24, 2.45) is 22.7 Å². The van der Waals surface area contributed by atoms with Crippen LogP contribution in [0.3, 0.4) is 0 Å². The quantitative estimate of drug-likeness (QED) is 0.759. The topological polar surface area (TPSA) is 41.1 Å². The Bertz CT molecular complexity index is 354. The highest BCUT2D eigenvalue weighted by Gasteiger charge is 2.50. The molecule has 0 bridgehead atoms. The molecule has 0 aliphatic heterocycles. The van der Waals surface area contributed by atoms with Crippen molar-refractivity contribution in [2.45, 2.75) is 72.3 Å². The van der Waals surface area contributed by atoms with Crippen molar-refractivity contribution in [2.75, 3.05) is 7.05 Å². The molecule has 1 spiro atoms. The maximum Gasteiger partial charge on any atom is 0.156 e. The lowest BCUT2D eigenvalue weighted by atomic mass is 9.70. The fourth-order valence-electron chi connectivity index (χ4n) is 3.99. The Kier molecular flexibility index (Phi) is 4.60. The third-order valence-corrected chi connectivity index (χ3v) is 5.62. The molecule has 0 aromatic rings. The molecule has 116 valence electrons. The van der Waals surface area contributed by atoms with Crippen molar-refractivity contribution >= 4 is 5.78 Å². The normalized spacial score (nSPS) is 30.2. The summed E-state index contributed by atoms with van der Waals surface area (Å²) >= 11 is 0. The number of hydrogen-bond acceptors (Lipinski definition) is 3. The molecule has 2 rings (SSSR count). The highest BCUT2D eigenvalue weighted by atomic mass is 16.1. The molecule has 3 atom stereocenters. The minimum Gasteiger partial charge on any atom is -0.297 e. The van der Waals surface area contributed by atoms with Gasteiger partial charge in [-0.05, 0) is 62.8 Å². The van der Waals surface area contributed by atoms with Gasteiger partial charge in [0.25, 0.3) is 0 Å². The van der Waals surface area contributed by atoms with E-state index in [-0.39, 0.29) is 11.5 Å². The van der Waals surface area contributed by atoms with Crippen LogP contribution in [0, 0.1) is 22.7 Å². The van der Waals surface area contributed by atoms with Crippen molar-refractivity contribution in [3.63, 3.8) is 0 Å². The van der Waals surface area contributed by atoms with Gasteiger partial charge in [0, 0.05) is 5.41 Å². The van der Waals surface area contributed by atoms with Crippen LogP contribution in [0.1, 0.15) is 66.2 Å². The second kappa shape index (κ2) is 5.76. The highest BCUT2D eigenvalue weighted by molar-refractivity contribution is 5.88. The van der Waals surface area contributed by atoms with Crippen LogP contribution in [-0.2, 0) is 4.79 Å². The molecule has 2 N–H and O–H groups in total. The van der Waals surface area contributed by atoms with Crippen LogP contribution >= 0.6 is 0 Å². The zero-order valence-corrected chi connectivity index (χ0v) is 13.9. The van der Waals surface area contributed by atoms with Gasteiger partial charge in [-0.1, -0.05) is 27.7 Å². The van der Waals surface area contributed by atoms with Crippen LogP contribution in [0.15, 0.2) is 0 Å². The van der Waals surface area contributed by atoms with Gasteiger partial charge in [-0.15, -0.1) is 0 Å². The first kappa shape index (κ1) is 16.0. The van der Waals surface area contributed by atoms with E-state index in [2.05, 4.69) is 17.8 Å². The van der Waals surface area contributed by atoms with E-state index in [1.165, 1.54) is 32.1 Å². The molecule has 0 heterocycles. The number of ketones is 1. The highest BCUT2D eigenvalue weighted by Crippen LogP contribution is 2.60. The first-order chi connectivity index (χ1) is 9.28. The van der Waals surface area contributed by atoms with E-state index >= 15 is 0 Å². The number of rotatable bonds is 5. The van der Waals surface area contributed by atoms with Crippen molar-refractivity contribution < 1.29 is 4.79 Å². The van der Waals surface area contributed by atoms with Gasteiger partial charge in [0.05, 0.1) is 6.04 Å². The Morgan fingerprint density at radius 3 is 2.40 bits per heavy atom. The SMILES string of the molecule is CNNC(CC1CCC2(CC2)C(C)C1)C(=O)C(C)(C)C. The van der Waals surface area contributed by atoms with Crippen molar-refractivity contribution in [1.29, 1.82) is 0 Å². The van der Waals surface area contributed by atoms with E-state index in [0.717, 1.165) is 12.3 Å². The Hall–Kier alpha value is -0.410. The summed E-state index contributed by atoms with van der Waals surface area (Å²) in [4.78, 5) is 12.5. The van der Waals surface area contributed by atoms with E-state index in [1.807, 2.05) is 27.8 Å². The Morgan fingerprint density at radius 1 is 1.30 bits per heavy atom. The molecule has 2 aliphatic carbocycles. The molecule has 0 aromatic heterocycles. The fraction of sp³-hybridized carbons (Fsp3) is 0.941. The molecular formula is C17H32N2O. The maximum atomic E-state index is 12.5. The lowest BCUT2D eigenvalue weighted by molar-refractivity contribution is -0.129. The molecular weight excluding hydrogens is 248 g/mol. The lowest BCUT2D eigenvalue weighted by Crippen LogP contribution is -2.49. The van der Waals surface area contributed by atoms with Crippen LogP contribution in [0.2, 0.25) is 0 Å². The van der Waals surface area contributed by atoms with Crippen LogP contribution in [-0.4, -0.2) is 18.9 Å². The molecule has 0 radical (unpaired) electrons. The Labute approximate surface area is 124 Å². The summed E-state index contributed by atoms with van der Waals surface area (Å²) in [6.45, 7) is 8.47. The zero-order chi connectivity index (χ0) is 15.0. The largest absolute Gasteiger partial charge is 0.297 e. The van der Waals surface area contributed by atoms with E-state index in [1.54, 1.807) is 0 Å². The Morgan fingerprint density at radius 2 is 1.95 bits per heavy atom. The molecule has 3 nitrogen and oxygen atoms in total. The number of hydrazine groups is 1. The standard InChI is InChI=1S/C17H32N2O/c1-12-10-13(6-7-17(12)8-9-17)11-14(19-18-5)15(20)16(2,3)4/h12-14,18-19H,6-11H2,1-5H3. The summed E-state index contributed by atoms with van der Waals surface area (Å²) in [5.74, 6) is 1.88. The van der Waals surface area contributed by atoms with Crippen LogP contribution < -0.4 is 10.9 Å². The van der Waals surface area contributed by atoms with Gasteiger partial charge in [-0.2, -0.15) is 0 Å². The molecule has 0 aromatic carbocycles. The zero-order valence-electron chi connectivity index (χ0n) is 13.9. The average Bonchev–Trinajstić information content (AvgIpc) is 3.13. The smallest absolute Gasteiger partial charge is 0.156 e. The second-order valence-corrected chi connectivity index (χ2v) is 8.20. The van der Waals surface area contributed by atoms with Gasteiger partial charge < -0.3 is 0 Å². The van der Waals surface area contributed by atoms with Crippen LogP contribution in [0.4, 0.5) is 0 Å². The van der Waals surface area contributed by atoms with Crippen LogP contribution in [0.5, 0.6) is 0 Å². The number of hydrogen-bond donors (Lipinski definition) is 2. The summed E-state index contributed by atoms with van der Waals surface area (Å²) in [6, 6.07) is -0.0505. The molecule has 2 fully saturated rings. The van der Waals surface area contributed by atoms with E-state index < -0.39 is 0 Å². The van der Waals surface area contributed by atoms with E-state index in [0.29, 0.717) is 17.1 Å². The number of carbonyl (C=O) groups is 1.